The summed E-state index contributed by atoms with van der Waals surface area (Å²) in [4.78, 5) is 15.1. The minimum Gasteiger partial charge on any atom is -0.466 e. The van der Waals surface area contributed by atoms with Gasteiger partial charge in [-0.25, -0.2) is 4.98 Å². The van der Waals surface area contributed by atoms with E-state index in [1.807, 2.05) is 17.7 Å². The lowest BCUT2D eigenvalue weighted by atomic mass is 10.1. The Hall–Kier alpha value is -1.32. The summed E-state index contributed by atoms with van der Waals surface area (Å²) in [7, 11) is 0. The molecule has 0 unspecified atom stereocenters. The number of aromatic nitrogens is 2. The van der Waals surface area contributed by atoms with Crippen LogP contribution in [0, 0.1) is 6.20 Å². The van der Waals surface area contributed by atoms with E-state index in [4.69, 9.17) is 4.74 Å². The molecule has 0 N–H and O–H groups in total. The van der Waals surface area contributed by atoms with E-state index >= 15 is 0 Å². The molecule has 18 heavy (non-hydrogen) atoms. The molecule has 0 atom stereocenters. The molecule has 1 radical (unpaired) electrons. The maximum absolute atomic E-state index is 11.2. The summed E-state index contributed by atoms with van der Waals surface area (Å²) in [6.07, 6.45) is 13.5. The van der Waals surface area contributed by atoms with Gasteiger partial charge in [0.1, 0.15) is 6.20 Å². The van der Waals surface area contributed by atoms with Crippen molar-refractivity contribution in [1.29, 1.82) is 0 Å². The van der Waals surface area contributed by atoms with Crippen molar-refractivity contribution >= 4 is 5.97 Å². The minimum atomic E-state index is -0.0502. The Balaban J connectivity index is 1.85. The Morgan fingerprint density at radius 3 is 2.78 bits per heavy atom. The van der Waals surface area contributed by atoms with Crippen LogP contribution < -0.4 is 0 Å². The van der Waals surface area contributed by atoms with Crippen molar-refractivity contribution in [3.63, 3.8) is 0 Å². The summed E-state index contributed by atoms with van der Waals surface area (Å²) in [5.74, 6) is -0.0502. The summed E-state index contributed by atoms with van der Waals surface area (Å²) >= 11 is 0. The highest BCUT2D eigenvalue weighted by molar-refractivity contribution is 5.69. The molecule has 4 heteroatoms. The molecule has 101 valence electrons. The fourth-order valence-corrected chi connectivity index (χ4v) is 1.75. The molecule has 1 rings (SSSR count). The maximum Gasteiger partial charge on any atom is 0.305 e. The maximum atomic E-state index is 11.2. The molecule has 4 nitrogen and oxygen atoms in total. The standard InChI is InChI=1S/C14H23N2O2/c1-2-12-18-14(17)8-6-4-3-5-7-10-16-11-9-15-13-16/h11,13H,2-8,10,12H2,1H3. The van der Waals surface area contributed by atoms with Crippen molar-refractivity contribution in [2.75, 3.05) is 6.61 Å². The molecular weight excluding hydrogens is 228 g/mol. The van der Waals surface area contributed by atoms with Crippen molar-refractivity contribution in [2.45, 2.75) is 58.4 Å². The summed E-state index contributed by atoms with van der Waals surface area (Å²) in [6, 6.07) is 0. The quantitative estimate of drug-likeness (QED) is 0.474. The molecule has 0 aromatic carbocycles. The predicted octanol–water partition coefficient (Wildman–Crippen LogP) is 2.98. The summed E-state index contributed by atoms with van der Waals surface area (Å²) in [5.41, 5.74) is 0. The second-order valence-corrected chi connectivity index (χ2v) is 4.48. The van der Waals surface area contributed by atoms with E-state index in [1.165, 1.54) is 12.8 Å². The van der Waals surface area contributed by atoms with Crippen molar-refractivity contribution in [1.82, 2.24) is 9.55 Å². The van der Waals surface area contributed by atoms with Gasteiger partial charge < -0.3 is 9.30 Å². The first kappa shape index (κ1) is 14.7. The van der Waals surface area contributed by atoms with Gasteiger partial charge in [-0.2, -0.15) is 0 Å². The van der Waals surface area contributed by atoms with Gasteiger partial charge in [0.05, 0.1) is 12.9 Å². The van der Waals surface area contributed by atoms with E-state index in [-0.39, 0.29) is 5.97 Å². The fraction of sp³-hybridized carbons (Fsp3) is 0.714. The predicted molar refractivity (Wildman–Crippen MR) is 70.0 cm³/mol. The van der Waals surface area contributed by atoms with Crippen LogP contribution in [0.5, 0.6) is 0 Å². The third-order valence-electron chi connectivity index (χ3n) is 2.77. The van der Waals surface area contributed by atoms with E-state index < -0.39 is 0 Å². The first-order chi connectivity index (χ1) is 8.83. The van der Waals surface area contributed by atoms with Crippen molar-refractivity contribution in [3.8, 4) is 0 Å². The number of hydrogen-bond acceptors (Lipinski definition) is 3. The van der Waals surface area contributed by atoms with Gasteiger partial charge in [-0.1, -0.05) is 26.2 Å². The highest BCUT2D eigenvalue weighted by Gasteiger charge is 2.01. The van der Waals surface area contributed by atoms with Gasteiger partial charge in [0.15, 0.2) is 0 Å². The fourth-order valence-electron chi connectivity index (χ4n) is 1.75. The van der Waals surface area contributed by atoms with Crippen molar-refractivity contribution < 1.29 is 9.53 Å². The number of nitrogens with zero attached hydrogens (tertiary/aromatic N) is 2. The largest absolute Gasteiger partial charge is 0.466 e. The molecule has 0 spiro atoms. The Bertz CT molecular complexity index is 310. The monoisotopic (exact) mass is 251 g/mol. The SMILES string of the molecule is CCCOC(=O)CCCCCCCn1c[c]nc1. The smallest absolute Gasteiger partial charge is 0.305 e. The van der Waals surface area contributed by atoms with Gasteiger partial charge in [-0.15, -0.1) is 0 Å². The van der Waals surface area contributed by atoms with E-state index in [1.54, 1.807) is 6.33 Å². The average Bonchev–Trinajstić information content (AvgIpc) is 2.88. The Kier molecular flexibility index (Phi) is 7.93. The second kappa shape index (κ2) is 9.68. The van der Waals surface area contributed by atoms with E-state index in [0.717, 1.165) is 32.2 Å². The lowest BCUT2D eigenvalue weighted by Gasteiger charge is -2.04. The van der Waals surface area contributed by atoms with Gasteiger partial charge in [0.2, 0.25) is 0 Å². The number of unbranched alkanes of at least 4 members (excludes halogenated alkanes) is 4. The zero-order valence-electron chi connectivity index (χ0n) is 11.2. The van der Waals surface area contributed by atoms with E-state index in [9.17, 15) is 4.79 Å². The van der Waals surface area contributed by atoms with Crippen LogP contribution >= 0.6 is 0 Å². The second-order valence-electron chi connectivity index (χ2n) is 4.48. The van der Waals surface area contributed by atoms with Crippen molar-refractivity contribution in [2.24, 2.45) is 0 Å². The van der Waals surface area contributed by atoms with Crippen LogP contribution in [0.4, 0.5) is 0 Å². The first-order valence-electron chi connectivity index (χ1n) is 6.86. The lowest BCUT2D eigenvalue weighted by Crippen LogP contribution is -2.04. The highest BCUT2D eigenvalue weighted by atomic mass is 16.5. The summed E-state index contributed by atoms with van der Waals surface area (Å²) in [6.45, 7) is 3.57. The average molecular weight is 251 g/mol. The minimum absolute atomic E-state index is 0.0502. The molecule has 0 bridgehead atoms. The van der Waals surface area contributed by atoms with Crippen LogP contribution in [0.3, 0.4) is 0 Å². The van der Waals surface area contributed by atoms with Gasteiger partial charge in [0, 0.05) is 19.2 Å². The van der Waals surface area contributed by atoms with E-state index in [2.05, 4.69) is 11.2 Å². The zero-order valence-corrected chi connectivity index (χ0v) is 11.2. The molecule has 0 fully saturated rings. The molecule has 0 aliphatic carbocycles. The molecule has 1 heterocycles. The van der Waals surface area contributed by atoms with Crippen LogP contribution in [-0.2, 0) is 16.1 Å². The van der Waals surface area contributed by atoms with Crippen LogP contribution in [0.2, 0.25) is 0 Å². The van der Waals surface area contributed by atoms with Crippen LogP contribution in [0.1, 0.15) is 51.9 Å². The topological polar surface area (TPSA) is 44.1 Å². The molecular formula is C14H23N2O2. The summed E-state index contributed by atoms with van der Waals surface area (Å²) < 4.78 is 7.06. The zero-order chi connectivity index (χ0) is 13.1. The van der Waals surface area contributed by atoms with Gasteiger partial charge >= 0.3 is 5.97 Å². The Morgan fingerprint density at radius 2 is 2.06 bits per heavy atom. The first-order valence-corrected chi connectivity index (χ1v) is 6.86. The lowest BCUT2D eigenvalue weighted by molar-refractivity contribution is -0.143. The molecule has 0 amide bonds. The number of carbonyl (C=O) groups excluding carboxylic acids is 1. The van der Waals surface area contributed by atoms with Crippen LogP contribution in [0.25, 0.3) is 0 Å². The van der Waals surface area contributed by atoms with Gasteiger partial charge in [0.25, 0.3) is 0 Å². The number of ether oxygens (including phenoxy) is 1. The molecule has 0 saturated carbocycles. The number of hydrogen-bond donors (Lipinski definition) is 0. The third-order valence-corrected chi connectivity index (χ3v) is 2.77. The Morgan fingerprint density at radius 1 is 1.28 bits per heavy atom. The number of rotatable bonds is 10. The van der Waals surface area contributed by atoms with Gasteiger partial charge in [-0.3, -0.25) is 4.79 Å². The normalized spacial score (nSPS) is 10.5. The number of esters is 1. The molecule has 1 aromatic rings. The third kappa shape index (κ3) is 7.09. The van der Waals surface area contributed by atoms with Gasteiger partial charge in [-0.05, 0) is 19.3 Å². The van der Waals surface area contributed by atoms with E-state index in [0.29, 0.717) is 13.0 Å². The number of aryl methyl sites for hydroxylation is 1. The number of imidazole rings is 1. The summed E-state index contributed by atoms with van der Waals surface area (Å²) in [5, 5.41) is 0. The molecule has 0 aliphatic heterocycles. The Labute approximate surface area is 109 Å². The van der Waals surface area contributed by atoms with Crippen molar-refractivity contribution in [3.05, 3.63) is 18.7 Å². The van der Waals surface area contributed by atoms with Crippen LogP contribution in [0.15, 0.2) is 12.5 Å². The molecule has 1 aromatic heterocycles. The molecule has 0 aliphatic rings. The highest BCUT2D eigenvalue weighted by Crippen LogP contribution is 2.07. The van der Waals surface area contributed by atoms with Crippen LogP contribution in [-0.4, -0.2) is 22.1 Å². The molecule has 0 saturated heterocycles. The number of carbonyl (C=O) groups is 1.